The number of anilines is 1. The molecule has 0 radical (unpaired) electrons. The predicted octanol–water partition coefficient (Wildman–Crippen LogP) is 3.73. The van der Waals surface area contributed by atoms with Gasteiger partial charge in [-0.25, -0.2) is 0 Å². The molecule has 0 saturated carbocycles. The van der Waals surface area contributed by atoms with Gasteiger partial charge in [-0.05, 0) is 30.0 Å². The van der Waals surface area contributed by atoms with Crippen LogP contribution in [0.25, 0.3) is 0 Å². The number of rotatable bonds is 5. The Morgan fingerprint density at radius 1 is 1.39 bits per heavy atom. The van der Waals surface area contributed by atoms with Crippen LogP contribution in [0.3, 0.4) is 0 Å². The van der Waals surface area contributed by atoms with E-state index in [1.165, 1.54) is 0 Å². The molecule has 0 aromatic heterocycles. The molecule has 0 unspecified atom stereocenters. The Bertz CT molecular complexity index is 399. The summed E-state index contributed by atoms with van der Waals surface area (Å²) >= 11 is 5.84. The highest BCUT2D eigenvalue weighted by Crippen LogP contribution is 2.18. The van der Waals surface area contributed by atoms with Gasteiger partial charge >= 0.3 is 5.97 Å². The van der Waals surface area contributed by atoms with Crippen LogP contribution >= 0.6 is 11.6 Å². The molecule has 0 spiro atoms. The largest absolute Gasteiger partial charge is 0.464 e. The normalized spacial score (nSPS) is 11.1. The Morgan fingerprint density at radius 2 is 2.11 bits per heavy atom. The summed E-state index contributed by atoms with van der Waals surface area (Å²) in [4.78, 5) is 11.5. The van der Waals surface area contributed by atoms with Crippen LogP contribution in [0.4, 0.5) is 5.69 Å². The molecule has 4 heteroatoms. The van der Waals surface area contributed by atoms with Crippen molar-refractivity contribution in [3.8, 4) is 0 Å². The van der Waals surface area contributed by atoms with Crippen molar-refractivity contribution in [2.75, 3.05) is 18.5 Å². The number of hydrogen-bond acceptors (Lipinski definition) is 3. The van der Waals surface area contributed by atoms with Crippen molar-refractivity contribution in [2.45, 2.75) is 27.2 Å². The molecule has 0 atom stereocenters. The van der Waals surface area contributed by atoms with Gasteiger partial charge in [-0.3, -0.25) is 4.79 Å². The van der Waals surface area contributed by atoms with Crippen molar-refractivity contribution in [2.24, 2.45) is 5.41 Å². The third-order valence-corrected chi connectivity index (χ3v) is 2.61. The van der Waals surface area contributed by atoms with Crippen LogP contribution in [-0.2, 0) is 9.53 Å². The molecule has 18 heavy (non-hydrogen) atoms. The number of carbonyl (C=O) groups excluding carboxylic acids is 1. The molecule has 0 aliphatic rings. The molecular weight excluding hydrogens is 250 g/mol. The van der Waals surface area contributed by atoms with Gasteiger partial charge in [0.05, 0.1) is 6.61 Å². The molecule has 1 aromatic rings. The van der Waals surface area contributed by atoms with Crippen molar-refractivity contribution in [3.05, 3.63) is 29.3 Å². The van der Waals surface area contributed by atoms with E-state index in [0.717, 1.165) is 12.1 Å². The van der Waals surface area contributed by atoms with E-state index in [9.17, 15) is 4.79 Å². The number of carbonyl (C=O) groups is 1. The van der Waals surface area contributed by atoms with E-state index in [0.29, 0.717) is 11.6 Å². The fourth-order valence-corrected chi connectivity index (χ4v) is 1.49. The maximum absolute atomic E-state index is 11.5. The van der Waals surface area contributed by atoms with Gasteiger partial charge in [-0.1, -0.05) is 38.4 Å². The highest BCUT2D eigenvalue weighted by Gasteiger charge is 2.11. The van der Waals surface area contributed by atoms with Crippen LogP contribution < -0.4 is 5.32 Å². The van der Waals surface area contributed by atoms with E-state index in [-0.39, 0.29) is 17.9 Å². The van der Waals surface area contributed by atoms with Gasteiger partial charge in [0, 0.05) is 10.7 Å². The molecule has 0 fully saturated rings. The van der Waals surface area contributed by atoms with Crippen LogP contribution in [0.5, 0.6) is 0 Å². The van der Waals surface area contributed by atoms with E-state index in [4.69, 9.17) is 16.3 Å². The number of benzene rings is 1. The van der Waals surface area contributed by atoms with Gasteiger partial charge in [0.2, 0.25) is 0 Å². The van der Waals surface area contributed by atoms with Crippen molar-refractivity contribution >= 4 is 23.3 Å². The van der Waals surface area contributed by atoms with E-state index in [1.54, 1.807) is 12.1 Å². The third kappa shape index (κ3) is 6.50. The first-order valence-corrected chi connectivity index (χ1v) is 6.40. The topological polar surface area (TPSA) is 38.3 Å². The van der Waals surface area contributed by atoms with Gasteiger partial charge in [-0.2, -0.15) is 0 Å². The lowest BCUT2D eigenvalue weighted by molar-refractivity contribution is -0.142. The smallest absolute Gasteiger partial charge is 0.325 e. The van der Waals surface area contributed by atoms with Crippen molar-refractivity contribution < 1.29 is 9.53 Å². The van der Waals surface area contributed by atoms with Crippen LogP contribution in [-0.4, -0.2) is 19.1 Å². The predicted molar refractivity (Wildman–Crippen MR) is 75.0 cm³/mol. The molecule has 0 saturated heterocycles. The average molecular weight is 270 g/mol. The Labute approximate surface area is 113 Å². The Morgan fingerprint density at radius 3 is 2.72 bits per heavy atom. The van der Waals surface area contributed by atoms with E-state index >= 15 is 0 Å². The first-order valence-electron chi connectivity index (χ1n) is 6.02. The summed E-state index contributed by atoms with van der Waals surface area (Å²) in [6.45, 7) is 6.96. The zero-order valence-electron chi connectivity index (χ0n) is 11.1. The molecule has 0 bridgehead atoms. The van der Waals surface area contributed by atoms with Gasteiger partial charge < -0.3 is 10.1 Å². The monoisotopic (exact) mass is 269 g/mol. The summed E-state index contributed by atoms with van der Waals surface area (Å²) in [5.74, 6) is -0.251. The molecule has 100 valence electrons. The minimum Gasteiger partial charge on any atom is -0.464 e. The molecule has 0 aliphatic heterocycles. The Hall–Kier alpha value is -1.22. The van der Waals surface area contributed by atoms with Gasteiger partial charge in [-0.15, -0.1) is 0 Å². The van der Waals surface area contributed by atoms with E-state index < -0.39 is 0 Å². The fourth-order valence-electron chi connectivity index (χ4n) is 1.29. The minimum absolute atomic E-state index is 0.157. The van der Waals surface area contributed by atoms with Crippen LogP contribution in [0.2, 0.25) is 5.02 Å². The highest BCUT2D eigenvalue weighted by atomic mass is 35.5. The van der Waals surface area contributed by atoms with Gasteiger partial charge in [0.1, 0.15) is 6.54 Å². The first kappa shape index (κ1) is 14.8. The fraction of sp³-hybridized carbons (Fsp3) is 0.500. The summed E-state index contributed by atoms with van der Waals surface area (Å²) in [6.07, 6.45) is 0.857. The second kappa shape index (κ2) is 6.64. The standard InChI is InChI=1S/C14H20ClNO2/c1-14(2,3)7-8-18-13(17)10-16-12-6-4-5-11(15)9-12/h4-6,9,16H,7-8,10H2,1-3H3. The number of esters is 1. The number of nitrogens with one attached hydrogen (secondary N) is 1. The number of hydrogen-bond donors (Lipinski definition) is 1. The lowest BCUT2D eigenvalue weighted by Gasteiger charge is -2.17. The Balaban J connectivity index is 2.25. The quantitative estimate of drug-likeness (QED) is 0.828. The molecule has 1 rings (SSSR count). The second-order valence-corrected chi connectivity index (χ2v) is 5.83. The zero-order valence-corrected chi connectivity index (χ0v) is 11.9. The SMILES string of the molecule is CC(C)(C)CCOC(=O)CNc1cccc(Cl)c1. The average Bonchev–Trinajstić information content (AvgIpc) is 2.25. The molecule has 1 N–H and O–H groups in total. The van der Waals surface area contributed by atoms with Crippen molar-refractivity contribution in [3.63, 3.8) is 0 Å². The summed E-state index contributed by atoms with van der Waals surface area (Å²) in [5, 5.41) is 3.61. The van der Waals surface area contributed by atoms with Gasteiger partial charge in [0.25, 0.3) is 0 Å². The molecular formula is C14H20ClNO2. The summed E-state index contributed by atoms with van der Waals surface area (Å²) in [5.41, 5.74) is 0.996. The molecule has 3 nitrogen and oxygen atoms in total. The molecule has 0 heterocycles. The highest BCUT2D eigenvalue weighted by molar-refractivity contribution is 6.30. The van der Waals surface area contributed by atoms with Crippen molar-refractivity contribution in [1.29, 1.82) is 0 Å². The zero-order chi connectivity index (χ0) is 13.6. The number of ether oxygens (including phenoxy) is 1. The lowest BCUT2D eigenvalue weighted by atomic mass is 9.93. The summed E-state index contributed by atoms with van der Waals surface area (Å²) in [7, 11) is 0. The van der Waals surface area contributed by atoms with E-state index in [1.807, 2.05) is 12.1 Å². The molecule has 1 aromatic carbocycles. The number of halogens is 1. The summed E-state index contributed by atoms with van der Waals surface area (Å²) in [6, 6.07) is 7.24. The summed E-state index contributed by atoms with van der Waals surface area (Å²) < 4.78 is 5.14. The third-order valence-electron chi connectivity index (χ3n) is 2.38. The Kier molecular flexibility index (Phi) is 5.48. The van der Waals surface area contributed by atoms with Crippen LogP contribution in [0.15, 0.2) is 24.3 Å². The van der Waals surface area contributed by atoms with Crippen LogP contribution in [0, 0.1) is 5.41 Å². The maximum atomic E-state index is 11.5. The van der Waals surface area contributed by atoms with Crippen molar-refractivity contribution in [1.82, 2.24) is 0 Å². The first-order chi connectivity index (χ1) is 8.37. The maximum Gasteiger partial charge on any atom is 0.325 e. The second-order valence-electron chi connectivity index (χ2n) is 5.40. The van der Waals surface area contributed by atoms with Crippen LogP contribution in [0.1, 0.15) is 27.2 Å². The van der Waals surface area contributed by atoms with E-state index in [2.05, 4.69) is 26.1 Å². The van der Waals surface area contributed by atoms with Gasteiger partial charge in [0.15, 0.2) is 0 Å². The lowest BCUT2D eigenvalue weighted by Crippen LogP contribution is -2.19. The molecule has 0 aliphatic carbocycles. The minimum atomic E-state index is -0.251. The molecule has 0 amide bonds.